The average molecular weight is 434 g/mol. The van der Waals surface area contributed by atoms with Crippen LogP contribution in [0, 0.1) is 15.9 Å². The second-order valence-electron chi connectivity index (χ2n) is 6.60. The Morgan fingerprint density at radius 2 is 1.87 bits per heavy atom. The Bertz CT molecular complexity index is 892. The smallest absolute Gasteiger partial charge is 0.269 e. The molecule has 0 saturated carbocycles. The largest absolute Gasteiger partial charge is 0.355 e. The Hall–Kier alpha value is -2.94. The first-order valence-corrected chi connectivity index (χ1v) is 10.6. The van der Waals surface area contributed by atoms with Crippen molar-refractivity contribution in [2.24, 2.45) is 0 Å². The summed E-state index contributed by atoms with van der Waals surface area (Å²) in [6, 6.07) is 11.5. The predicted molar refractivity (Wildman–Crippen MR) is 114 cm³/mol. The van der Waals surface area contributed by atoms with E-state index in [9.17, 15) is 24.1 Å². The summed E-state index contributed by atoms with van der Waals surface area (Å²) in [6.45, 7) is 3.82. The van der Waals surface area contributed by atoms with Crippen molar-refractivity contribution >= 4 is 29.3 Å². The zero-order valence-electron chi connectivity index (χ0n) is 16.8. The van der Waals surface area contributed by atoms with Gasteiger partial charge in [-0.05, 0) is 25.5 Å². The third-order valence-corrected chi connectivity index (χ3v) is 5.45. The topological polar surface area (TPSA) is 92.6 Å². The molecule has 0 fully saturated rings. The molecule has 9 heteroatoms. The lowest BCUT2D eigenvalue weighted by Crippen LogP contribution is -2.48. The van der Waals surface area contributed by atoms with Crippen molar-refractivity contribution in [3.05, 3.63) is 75.6 Å². The Balaban J connectivity index is 2.04. The standard InChI is InChI=1S/C21H24FN3O4S/c1-3-23-21(27)15(2)24(12-17-6-4-5-7-19(17)22)20(26)14-30-13-16-8-10-18(11-9-16)25(28)29/h4-11,15H,3,12-14H2,1-2H3,(H,23,27). The van der Waals surface area contributed by atoms with Gasteiger partial charge < -0.3 is 10.2 Å². The summed E-state index contributed by atoms with van der Waals surface area (Å²) in [4.78, 5) is 36.8. The molecule has 0 aliphatic rings. The van der Waals surface area contributed by atoms with E-state index in [-0.39, 0.29) is 29.8 Å². The lowest BCUT2D eigenvalue weighted by molar-refractivity contribution is -0.384. The number of nitro groups is 1. The molecule has 2 rings (SSSR count). The maximum Gasteiger partial charge on any atom is 0.269 e. The highest BCUT2D eigenvalue weighted by molar-refractivity contribution is 7.99. The molecule has 30 heavy (non-hydrogen) atoms. The monoisotopic (exact) mass is 433 g/mol. The molecule has 1 N–H and O–H groups in total. The number of halogens is 1. The molecule has 0 radical (unpaired) electrons. The van der Waals surface area contributed by atoms with Gasteiger partial charge in [0, 0.05) is 36.5 Å². The molecular formula is C21H24FN3O4S. The fourth-order valence-corrected chi connectivity index (χ4v) is 3.64. The van der Waals surface area contributed by atoms with E-state index in [0.29, 0.717) is 17.9 Å². The number of likely N-dealkylation sites (N-methyl/N-ethyl adjacent to an activating group) is 1. The van der Waals surface area contributed by atoms with E-state index in [1.54, 1.807) is 44.2 Å². The number of rotatable bonds is 10. The molecule has 2 aromatic carbocycles. The van der Waals surface area contributed by atoms with Crippen LogP contribution in [0.25, 0.3) is 0 Å². The van der Waals surface area contributed by atoms with Crippen LogP contribution in [0.4, 0.5) is 10.1 Å². The van der Waals surface area contributed by atoms with Crippen molar-refractivity contribution in [1.29, 1.82) is 0 Å². The Kier molecular flexibility index (Phi) is 8.79. The molecule has 7 nitrogen and oxygen atoms in total. The highest BCUT2D eigenvalue weighted by Crippen LogP contribution is 2.19. The number of non-ortho nitro benzene ring substituents is 1. The molecule has 160 valence electrons. The summed E-state index contributed by atoms with van der Waals surface area (Å²) in [5, 5.41) is 13.4. The third-order valence-electron chi connectivity index (χ3n) is 4.46. The highest BCUT2D eigenvalue weighted by atomic mass is 32.2. The van der Waals surface area contributed by atoms with E-state index in [1.807, 2.05) is 0 Å². The van der Waals surface area contributed by atoms with Gasteiger partial charge in [0.2, 0.25) is 11.8 Å². The molecule has 0 aliphatic carbocycles. The van der Waals surface area contributed by atoms with Gasteiger partial charge in [-0.15, -0.1) is 11.8 Å². The second-order valence-corrected chi connectivity index (χ2v) is 7.59. The summed E-state index contributed by atoms with van der Waals surface area (Å²) in [5.74, 6) is -0.453. The maximum absolute atomic E-state index is 14.1. The number of carbonyl (C=O) groups excluding carboxylic acids is 2. The van der Waals surface area contributed by atoms with E-state index in [2.05, 4.69) is 5.32 Å². The number of nitrogens with zero attached hydrogens (tertiary/aromatic N) is 2. The molecule has 2 aromatic rings. The first-order chi connectivity index (χ1) is 14.3. The van der Waals surface area contributed by atoms with Gasteiger partial charge in [-0.25, -0.2) is 4.39 Å². The molecule has 2 amide bonds. The zero-order valence-corrected chi connectivity index (χ0v) is 17.7. The summed E-state index contributed by atoms with van der Waals surface area (Å²) in [5.41, 5.74) is 1.19. The molecule has 1 atom stereocenters. The van der Waals surface area contributed by atoms with Crippen LogP contribution >= 0.6 is 11.8 Å². The van der Waals surface area contributed by atoms with E-state index in [4.69, 9.17) is 0 Å². The van der Waals surface area contributed by atoms with E-state index < -0.39 is 16.8 Å². The Labute approximate surface area is 178 Å². The van der Waals surface area contributed by atoms with Gasteiger partial charge in [-0.2, -0.15) is 0 Å². The number of amides is 2. The van der Waals surface area contributed by atoms with Crippen molar-refractivity contribution in [2.45, 2.75) is 32.2 Å². The molecule has 0 bridgehead atoms. The SMILES string of the molecule is CCNC(=O)C(C)N(Cc1ccccc1F)C(=O)CSCc1ccc([N+](=O)[O-])cc1. The normalized spacial score (nSPS) is 11.6. The van der Waals surface area contributed by atoms with E-state index in [1.165, 1.54) is 34.9 Å². The number of hydrogen-bond acceptors (Lipinski definition) is 5. The van der Waals surface area contributed by atoms with Crippen LogP contribution in [0.3, 0.4) is 0 Å². The molecule has 1 unspecified atom stereocenters. The number of nitrogens with one attached hydrogen (secondary N) is 1. The predicted octanol–water partition coefficient (Wildman–Crippen LogP) is 3.52. The third kappa shape index (κ3) is 6.55. The molecule has 0 aliphatic heterocycles. The van der Waals surface area contributed by atoms with Crippen LogP contribution in [0.1, 0.15) is 25.0 Å². The van der Waals surface area contributed by atoms with Gasteiger partial charge in [-0.3, -0.25) is 19.7 Å². The van der Waals surface area contributed by atoms with Gasteiger partial charge in [0.15, 0.2) is 0 Å². The lowest BCUT2D eigenvalue weighted by Gasteiger charge is -2.28. The highest BCUT2D eigenvalue weighted by Gasteiger charge is 2.26. The van der Waals surface area contributed by atoms with Crippen LogP contribution < -0.4 is 5.32 Å². The van der Waals surface area contributed by atoms with Crippen LogP contribution in [0.2, 0.25) is 0 Å². The number of nitro benzene ring substituents is 1. The summed E-state index contributed by atoms with van der Waals surface area (Å²) < 4.78 is 14.1. The van der Waals surface area contributed by atoms with Crippen LogP contribution in [-0.2, 0) is 21.9 Å². The first kappa shape index (κ1) is 23.3. The van der Waals surface area contributed by atoms with Gasteiger partial charge in [0.05, 0.1) is 10.7 Å². The molecule has 0 aromatic heterocycles. The van der Waals surface area contributed by atoms with Crippen molar-refractivity contribution in [3.63, 3.8) is 0 Å². The summed E-state index contributed by atoms with van der Waals surface area (Å²) in [7, 11) is 0. The maximum atomic E-state index is 14.1. The first-order valence-electron chi connectivity index (χ1n) is 9.45. The molecule has 0 spiro atoms. The van der Waals surface area contributed by atoms with E-state index in [0.717, 1.165) is 5.56 Å². The number of thioether (sulfide) groups is 1. The fourth-order valence-electron chi connectivity index (χ4n) is 2.77. The van der Waals surface area contributed by atoms with E-state index >= 15 is 0 Å². The average Bonchev–Trinajstić information content (AvgIpc) is 2.73. The molecule has 0 heterocycles. The Morgan fingerprint density at radius 3 is 2.47 bits per heavy atom. The minimum atomic E-state index is -0.753. The molecular weight excluding hydrogens is 409 g/mol. The fraction of sp³-hybridized carbons (Fsp3) is 0.333. The number of benzene rings is 2. The van der Waals surface area contributed by atoms with Crippen molar-refractivity contribution in [1.82, 2.24) is 10.2 Å². The Morgan fingerprint density at radius 1 is 1.20 bits per heavy atom. The minimum Gasteiger partial charge on any atom is -0.355 e. The van der Waals surface area contributed by atoms with Gasteiger partial charge >= 0.3 is 0 Å². The van der Waals surface area contributed by atoms with Crippen LogP contribution in [0.15, 0.2) is 48.5 Å². The van der Waals surface area contributed by atoms with Crippen molar-refractivity contribution in [3.8, 4) is 0 Å². The van der Waals surface area contributed by atoms with Gasteiger partial charge in [-0.1, -0.05) is 30.3 Å². The zero-order chi connectivity index (χ0) is 22.1. The summed E-state index contributed by atoms with van der Waals surface area (Å²) >= 11 is 1.33. The van der Waals surface area contributed by atoms with Crippen molar-refractivity contribution < 1.29 is 18.9 Å². The summed E-state index contributed by atoms with van der Waals surface area (Å²) in [6.07, 6.45) is 0. The number of hydrogen-bond donors (Lipinski definition) is 1. The second kappa shape index (κ2) is 11.3. The van der Waals surface area contributed by atoms with Crippen molar-refractivity contribution in [2.75, 3.05) is 12.3 Å². The van der Waals surface area contributed by atoms with Crippen LogP contribution in [0.5, 0.6) is 0 Å². The lowest BCUT2D eigenvalue weighted by atomic mass is 10.1. The van der Waals surface area contributed by atoms with Gasteiger partial charge in [0.1, 0.15) is 11.9 Å². The van der Waals surface area contributed by atoms with Crippen LogP contribution in [-0.4, -0.2) is 40.0 Å². The van der Waals surface area contributed by atoms with Gasteiger partial charge in [0.25, 0.3) is 5.69 Å². The minimum absolute atomic E-state index is 0.00616. The number of carbonyl (C=O) groups is 2. The molecule has 0 saturated heterocycles. The quantitative estimate of drug-likeness (QED) is 0.457.